The van der Waals surface area contributed by atoms with Crippen LogP contribution in [0.15, 0.2) is 48.5 Å². The fourth-order valence-electron chi connectivity index (χ4n) is 3.01. The molecule has 186 valence electrons. The highest BCUT2D eigenvalue weighted by atomic mass is 35.5. The van der Waals surface area contributed by atoms with Crippen molar-refractivity contribution in [3.63, 3.8) is 0 Å². The maximum atomic E-state index is 13.0. The van der Waals surface area contributed by atoms with Gasteiger partial charge in [0.05, 0.1) is 12.6 Å². The molecule has 0 saturated carbocycles. The third-order valence-corrected chi connectivity index (χ3v) is 4.87. The van der Waals surface area contributed by atoms with Crippen LogP contribution >= 0.6 is 36.4 Å². The van der Waals surface area contributed by atoms with Crippen molar-refractivity contribution in [1.82, 2.24) is 10.6 Å². The molecule has 7 N–H and O–H groups in total. The van der Waals surface area contributed by atoms with Gasteiger partial charge in [-0.2, -0.15) is 0 Å². The number of halogens is 3. The van der Waals surface area contributed by atoms with Crippen molar-refractivity contribution in [2.45, 2.75) is 18.9 Å². The van der Waals surface area contributed by atoms with E-state index in [-0.39, 0.29) is 43.1 Å². The van der Waals surface area contributed by atoms with E-state index >= 15 is 0 Å². The number of nitrogens with zero attached hydrogens (tertiary/aromatic N) is 1. The number of carbonyl (C=O) groups excluding carboxylic acids is 3. The highest BCUT2D eigenvalue weighted by molar-refractivity contribution is 6.31. The molecule has 0 aliphatic rings. The summed E-state index contributed by atoms with van der Waals surface area (Å²) in [6.45, 7) is 0.239. The Morgan fingerprint density at radius 1 is 1.12 bits per heavy atom. The SMILES string of the molecule is CN(CC(=O)NC(=O)[C@@H](N)CCCNC(=N)N)c1ccc(Cl)cc1C(=O)c1ccccc1.Cl.Cl. The van der Waals surface area contributed by atoms with Gasteiger partial charge in [0.1, 0.15) is 0 Å². The Morgan fingerprint density at radius 3 is 2.38 bits per heavy atom. The number of nitrogens with two attached hydrogens (primary N) is 2. The molecule has 34 heavy (non-hydrogen) atoms. The Kier molecular flexibility index (Phi) is 13.9. The number of hydrogen-bond donors (Lipinski definition) is 5. The molecular formula is C22H29Cl3N6O3. The van der Waals surface area contributed by atoms with Gasteiger partial charge in [0.15, 0.2) is 11.7 Å². The monoisotopic (exact) mass is 530 g/mol. The molecule has 0 aliphatic carbocycles. The molecule has 0 aromatic heterocycles. The summed E-state index contributed by atoms with van der Waals surface area (Å²) >= 11 is 6.10. The van der Waals surface area contributed by atoms with E-state index in [1.54, 1.807) is 54.4 Å². The van der Waals surface area contributed by atoms with Gasteiger partial charge in [-0.15, -0.1) is 24.8 Å². The number of hydrogen-bond acceptors (Lipinski definition) is 6. The van der Waals surface area contributed by atoms with Crippen LogP contribution in [-0.4, -0.2) is 49.7 Å². The van der Waals surface area contributed by atoms with E-state index in [1.807, 2.05) is 6.07 Å². The minimum atomic E-state index is -0.872. The fraction of sp³-hybridized carbons (Fsp3) is 0.273. The van der Waals surface area contributed by atoms with Crippen LogP contribution in [0.5, 0.6) is 0 Å². The molecule has 9 nitrogen and oxygen atoms in total. The standard InChI is InChI=1S/C22H27ClN6O3.2ClH/c1-29(13-19(30)28-21(32)17(24)8-5-11-27-22(25)26)18-10-9-15(23)12-16(18)20(31)14-6-3-2-4-7-14;;/h2-4,6-7,9-10,12,17H,5,8,11,13,24H2,1H3,(H4,25,26,27)(H,28,30,32);2*1H/t17-;;/m0../s1. The number of benzene rings is 2. The van der Waals surface area contributed by atoms with Crippen LogP contribution in [0.25, 0.3) is 0 Å². The lowest BCUT2D eigenvalue weighted by Crippen LogP contribution is -2.46. The molecule has 0 bridgehead atoms. The number of anilines is 1. The van der Waals surface area contributed by atoms with Crippen LogP contribution in [0.4, 0.5) is 5.69 Å². The average Bonchev–Trinajstić information content (AvgIpc) is 2.76. The Hall–Kier alpha value is -2.85. The van der Waals surface area contributed by atoms with Crippen molar-refractivity contribution in [3.05, 3.63) is 64.7 Å². The van der Waals surface area contributed by atoms with Gasteiger partial charge in [-0.25, -0.2) is 0 Å². The van der Waals surface area contributed by atoms with Gasteiger partial charge < -0.3 is 21.7 Å². The molecule has 0 saturated heterocycles. The molecule has 0 fully saturated rings. The Labute approximate surface area is 215 Å². The summed E-state index contributed by atoms with van der Waals surface area (Å²) in [5, 5.41) is 12.4. The average molecular weight is 532 g/mol. The van der Waals surface area contributed by atoms with Gasteiger partial charge >= 0.3 is 0 Å². The Bertz CT molecular complexity index is 991. The number of guanidine groups is 1. The maximum Gasteiger partial charge on any atom is 0.246 e. The third kappa shape index (κ3) is 9.56. The lowest BCUT2D eigenvalue weighted by atomic mass is 10.0. The second-order valence-corrected chi connectivity index (χ2v) is 7.65. The molecule has 2 rings (SSSR count). The summed E-state index contributed by atoms with van der Waals surface area (Å²) in [6.07, 6.45) is 0.833. The third-order valence-electron chi connectivity index (χ3n) is 4.64. The zero-order chi connectivity index (χ0) is 23.7. The quantitative estimate of drug-likeness (QED) is 0.136. The van der Waals surface area contributed by atoms with E-state index < -0.39 is 17.9 Å². The number of rotatable bonds is 10. The maximum absolute atomic E-state index is 13.0. The van der Waals surface area contributed by atoms with E-state index in [0.29, 0.717) is 41.2 Å². The summed E-state index contributed by atoms with van der Waals surface area (Å²) in [7, 11) is 1.64. The number of amides is 2. The Balaban J connectivity index is 0.00000544. The summed E-state index contributed by atoms with van der Waals surface area (Å²) in [5.41, 5.74) is 12.4. The van der Waals surface area contributed by atoms with Gasteiger partial charge in [-0.05, 0) is 31.0 Å². The van der Waals surface area contributed by atoms with E-state index in [2.05, 4.69) is 10.6 Å². The van der Waals surface area contributed by atoms with Crippen LogP contribution in [0.1, 0.15) is 28.8 Å². The van der Waals surface area contributed by atoms with E-state index in [0.717, 1.165) is 0 Å². The zero-order valence-corrected chi connectivity index (χ0v) is 20.9. The van der Waals surface area contributed by atoms with E-state index in [4.69, 9.17) is 28.5 Å². The first-order valence-electron chi connectivity index (χ1n) is 9.96. The van der Waals surface area contributed by atoms with Crippen molar-refractivity contribution in [2.75, 3.05) is 25.0 Å². The lowest BCUT2D eigenvalue weighted by molar-refractivity contribution is -0.130. The van der Waals surface area contributed by atoms with Crippen molar-refractivity contribution >= 4 is 65.7 Å². The van der Waals surface area contributed by atoms with Crippen LogP contribution < -0.4 is 27.0 Å². The molecule has 12 heteroatoms. The zero-order valence-electron chi connectivity index (χ0n) is 18.5. The normalized spacial score (nSPS) is 10.7. The second-order valence-electron chi connectivity index (χ2n) is 7.21. The molecule has 0 spiro atoms. The molecule has 0 heterocycles. The highest BCUT2D eigenvalue weighted by Crippen LogP contribution is 2.26. The molecule has 2 aromatic rings. The minimum Gasteiger partial charge on any atom is -0.370 e. The summed E-state index contributed by atoms with van der Waals surface area (Å²) < 4.78 is 0. The topological polar surface area (TPSA) is 154 Å². The van der Waals surface area contributed by atoms with Crippen LogP contribution in [0.2, 0.25) is 5.02 Å². The molecular weight excluding hydrogens is 503 g/mol. The van der Waals surface area contributed by atoms with Crippen molar-refractivity contribution in [3.8, 4) is 0 Å². The van der Waals surface area contributed by atoms with Gasteiger partial charge in [0.2, 0.25) is 11.8 Å². The molecule has 2 amide bonds. The molecule has 0 unspecified atom stereocenters. The van der Waals surface area contributed by atoms with Gasteiger partial charge in [0.25, 0.3) is 0 Å². The molecule has 0 radical (unpaired) electrons. The van der Waals surface area contributed by atoms with Crippen molar-refractivity contribution in [1.29, 1.82) is 5.41 Å². The van der Waals surface area contributed by atoms with Crippen LogP contribution in [-0.2, 0) is 9.59 Å². The summed E-state index contributed by atoms with van der Waals surface area (Å²) in [6, 6.07) is 12.7. The number of carbonyl (C=O) groups is 3. The van der Waals surface area contributed by atoms with E-state index in [9.17, 15) is 14.4 Å². The first-order valence-corrected chi connectivity index (χ1v) is 10.3. The number of ketones is 1. The molecule has 2 aromatic carbocycles. The number of nitrogens with one attached hydrogen (secondary N) is 3. The first kappa shape index (κ1) is 31.1. The second kappa shape index (κ2) is 15.1. The smallest absolute Gasteiger partial charge is 0.246 e. The lowest BCUT2D eigenvalue weighted by Gasteiger charge is -2.22. The highest BCUT2D eigenvalue weighted by Gasteiger charge is 2.20. The predicted octanol–water partition coefficient (Wildman–Crippen LogP) is 2.08. The van der Waals surface area contributed by atoms with Crippen molar-refractivity contribution < 1.29 is 14.4 Å². The Morgan fingerprint density at radius 2 is 1.76 bits per heavy atom. The van der Waals surface area contributed by atoms with E-state index in [1.165, 1.54) is 0 Å². The van der Waals surface area contributed by atoms with Crippen LogP contribution in [0, 0.1) is 5.41 Å². The largest absolute Gasteiger partial charge is 0.370 e. The summed E-state index contributed by atoms with van der Waals surface area (Å²) in [4.78, 5) is 39.1. The number of likely N-dealkylation sites (N-methyl/N-ethyl adjacent to an activating group) is 1. The number of imide groups is 1. The van der Waals surface area contributed by atoms with Crippen molar-refractivity contribution in [2.24, 2.45) is 11.5 Å². The first-order chi connectivity index (χ1) is 15.2. The van der Waals surface area contributed by atoms with Crippen LogP contribution in [0.3, 0.4) is 0 Å². The fourth-order valence-corrected chi connectivity index (χ4v) is 3.19. The van der Waals surface area contributed by atoms with Gasteiger partial charge in [0, 0.05) is 35.4 Å². The van der Waals surface area contributed by atoms with Gasteiger partial charge in [-0.1, -0.05) is 41.9 Å². The molecule has 1 atom stereocenters. The predicted molar refractivity (Wildman–Crippen MR) is 139 cm³/mol. The van der Waals surface area contributed by atoms with Gasteiger partial charge in [-0.3, -0.25) is 25.1 Å². The summed E-state index contributed by atoms with van der Waals surface area (Å²) in [5.74, 6) is -1.54. The minimum absolute atomic E-state index is 0. The molecule has 0 aliphatic heterocycles.